The monoisotopic (exact) mass is 375 g/mol. The van der Waals surface area contributed by atoms with Crippen LogP contribution in [0.1, 0.15) is 89.2 Å². The number of esters is 1. The number of aryl methyl sites for hydroxylation is 1. The van der Waals surface area contributed by atoms with Crippen molar-refractivity contribution in [2.24, 2.45) is 0 Å². The van der Waals surface area contributed by atoms with Crippen molar-refractivity contribution >= 4 is 5.97 Å². The molecular weight excluding hydrogens is 336 g/mol. The first-order valence-corrected chi connectivity index (χ1v) is 11.0. The zero-order valence-electron chi connectivity index (χ0n) is 17.5. The van der Waals surface area contributed by atoms with Gasteiger partial charge in [-0.1, -0.05) is 38.5 Å². The summed E-state index contributed by atoms with van der Waals surface area (Å²) < 4.78 is 7.33. The highest BCUT2D eigenvalue weighted by atomic mass is 16.5. The van der Waals surface area contributed by atoms with Crippen LogP contribution in [0.4, 0.5) is 0 Å². The van der Waals surface area contributed by atoms with Gasteiger partial charge in [-0.15, -0.1) is 0 Å². The average molecular weight is 376 g/mol. The minimum atomic E-state index is -0.161. The Kier molecular flexibility index (Phi) is 10.4. The first-order chi connectivity index (χ1) is 13.2. The van der Waals surface area contributed by atoms with Crippen LogP contribution >= 0.6 is 0 Å². The minimum Gasteiger partial charge on any atom is -0.466 e. The van der Waals surface area contributed by atoms with E-state index in [4.69, 9.17) is 4.74 Å². The zero-order chi connectivity index (χ0) is 19.3. The molecule has 4 heteroatoms. The molecule has 0 aromatic carbocycles. The van der Waals surface area contributed by atoms with Crippen molar-refractivity contribution in [3.63, 3.8) is 0 Å². The van der Waals surface area contributed by atoms with Crippen molar-refractivity contribution in [1.82, 2.24) is 4.90 Å². The van der Waals surface area contributed by atoms with Gasteiger partial charge in [-0.25, -0.2) is 4.57 Å². The molecule has 1 aliphatic heterocycles. The number of carbonyl (C=O) groups is 1. The second-order valence-electron chi connectivity index (χ2n) is 8.04. The van der Waals surface area contributed by atoms with E-state index < -0.39 is 0 Å². The van der Waals surface area contributed by atoms with Crippen LogP contribution in [0.5, 0.6) is 0 Å². The molecule has 0 saturated carbocycles. The molecule has 2 heterocycles. The highest BCUT2D eigenvalue weighted by Crippen LogP contribution is 2.29. The Balaban J connectivity index is 1.47. The maximum Gasteiger partial charge on any atom is 0.302 e. The highest BCUT2D eigenvalue weighted by molar-refractivity contribution is 5.65. The molecule has 1 aromatic heterocycles. The van der Waals surface area contributed by atoms with E-state index in [1.807, 2.05) is 0 Å². The first kappa shape index (κ1) is 21.9. The quantitative estimate of drug-likeness (QED) is 0.282. The molecule has 0 spiro atoms. The minimum absolute atomic E-state index is 0.161. The average Bonchev–Trinajstić information content (AvgIpc) is 3.08. The van der Waals surface area contributed by atoms with Crippen LogP contribution in [0.3, 0.4) is 0 Å². The molecule has 1 saturated heterocycles. The van der Waals surface area contributed by atoms with Crippen LogP contribution in [0.2, 0.25) is 0 Å². The lowest BCUT2D eigenvalue weighted by molar-refractivity contribution is -0.697. The lowest BCUT2D eigenvalue weighted by atomic mass is 10.1. The predicted molar refractivity (Wildman–Crippen MR) is 109 cm³/mol. The van der Waals surface area contributed by atoms with E-state index in [0.29, 0.717) is 12.6 Å². The maximum atomic E-state index is 10.7. The smallest absolute Gasteiger partial charge is 0.302 e. The third-order valence-corrected chi connectivity index (χ3v) is 5.65. The summed E-state index contributed by atoms with van der Waals surface area (Å²) in [5, 5.41) is 0. The molecule has 0 N–H and O–H groups in total. The van der Waals surface area contributed by atoms with Gasteiger partial charge >= 0.3 is 5.97 Å². The number of likely N-dealkylation sites (tertiary alicyclic amines) is 1. The summed E-state index contributed by atoms with van der Waals surface area (Å²) in [6.07, 6.45) is 18.6. The van der Waals surface area contributed by atoms with Crippen molar-refractivity contribution in [2.45, 2.75) is 90.1 Å². The number of ether oxygens (including phenoxy) is 1. The molecule has 1 fully saturated rings. The molecule has 1 aromatic rings. The Bertz CT molecular complexity index is 547. The molecule has 1 unspecified atom stereocenters. The summed E-state index contributed by atoms with van der Waals surface area (Å²) in [5.41, 5.74) is 1.48. The van der Waals surface area contributed by atoms with Gasteiger partial charge in [0.1, 0.15) is 6.54 Å². The van der Waals surface area contributed by atoms with E-state index in [-0.39, 0.29) is 5.97 Å². The highest BCUT2D eigenvalue weighted by Gasteiger charge is 2.24. The number of rotatable bonds is 13. The molecule has 0 radical (unpaired) electrons. The summed E-state index contributed by atoms with van der Waals surface area (Å²) in [6.45, 7) is 4.43. The van der Waals surface area contributed by atoms with Gasteiger partial charge in [0.15, 0.2) is 12.4 Å². The third kappa shape index (κ3) is 8.87. The molecule has 1 atom stereocenters. The summed E-state index contributed by atoms with van der Waals surface area (Å²) >= 11 is 0. The third-order valence-electron chi connectivity index (χ3n) is 5.65. The van der Waals surface area contributed by atoms with Crippen LogP contribution in [-0.4, -0.2) is 31.1 Å². The first-order valence-electron chi connectivity index (χ1n) is 11.0. The van der Waals surface area contributed by atoms with Crippen molar-refractivity contribution in [1.29, 1.82) is 0 Å². The summed E-state index contributed by atoms with van der Waals surface area (Å²) in [5.74, 6) is -0.161. The van der Waals surface area contributed by atoms with Crippen LogP contribution in [0.25, 0.3) is 0 Å². The predicted octanol–water partition coefficient (Wildman–Crippen LogP) is 4.81. The largest absolute Gasteiger partial charge is 0.466 e. The molecule has 0 aliphatic carbocycles. The Labute approximate surface area is 165 Å². The van der Waals surface area contributed by atoms with Gasteiger partial charge in [-0.2, -0.15) is 0 Å². The molecule has 2 rings (SSSR count). The molecular formula is C23H39N2O2+. The van der Waals surface area contributed by atoms with Gasteiger partial charge in [-0.05, 0) is 45.3 Å². The van der Waals surface area contributed by atoms with E-state index in [0.717, 1.165) is 13.0 Å². The molecule has 152 valence electrons. The SMILES string of the molecule is CC(=O)OCCCCCCCCCCC[n+]1cccc(C2CCCN2C)c1. The number of hydrogen-bond acceptors (Lipinski definition) is 3. The van der Waals surface area contributed by atoms with E-state index in [1.54, 1.807) is 0 Å². The topological polar surface area (TPSA) is 33.4 Å². The Morgan fingerprint density at radius 1 is 1.11 bits per heavy atom. The summed E-state index contributed by atoms with van der Waals surface area (Å²) in [6, 6.07) is 5.12. The van der Waals surface area contributed by atoms with Crippen molar-refractivity contribution in [2.75, 3.05) is 20.2 Å². The lowest BCUT2D eigenvalue weighted by Gasteiger charge is -2.18. The van der Waals surface area contributed by atoms with Crippen LogP contribution in [0, 0.1) is 0 Å². The second-order valence-corrected chi connectivity index (χ2v) is 8.04. The molecule has 1 aliphatic rings. The number of carbonyl (C=O) groups excluding carboxylic acids is 1. The second kappa shape index (κ2) is 12.9. The summed E-state index contributed by atoms with van der Waals surface area (Å²) in [4.78, 5) is 13.1. The molecule has 27 heavy (non-hydrogen) atoms. The molecule has 4 nitrogen and oxygen atoms in total. The van der Waals surface area contributed by atoms with Gasteiger partial charge in [-0.3, -0.25) is 9.69 Å². The van der Waals surface area contributed by atoms with Crippen molar-refractivity contribution < 1.29 is 14.1 Å². The number of unbranched alkanes of at least 4 members (excludes halogenated alkanes) is 8. The van der Waals surface area contributed by atoms with E-state index in [1.165, 1.54) is 83.2 Å². The van der Waals surface area contributed by atoms with Gasteiger partial charge in [0.05, 0.1) is 6.61 Å². The lowest BCUT2D eigenvalue weighted by Crippen LogP contribution is -2.34. The molecule has 0 bridgehead atoms. The standard InChI is InChI=1S/C23H39N2O2/c1-21(26)27-19-11-9-7-5-3-4-6-8-10-17-25-18-12-14-22(20-25)23-15-13-16-24(23)2/h12,14,18,20,23H,3-11,13,15-17,19H2,1-2H3/q+1. The maximum absolute atomic E-state index is 10.7. The summed E-state index contributed by atoms with van der Waals surface area (Å²) in [7, 11) is 2.24. The van der Waals surface area contributed by atoms with E-state index in [2.05, 4.69) is 41.0 Å². The number of nitrogens with zero attached hydrogens (tertiary/aromatic N) is 2. The van der Waals surface area contributed by atoms with Gasteiger partial charge in [0, 0.05) is 31.0 Å². The Morgan fingerprint density at radius 3 is 2.41 bits per heavy atom. The van der Waals surface area contributed by atoms with Crippen LogP contribution in [-0.2, 0) is 16.1 Å². The number of aromatic nitrogens is 1. The van der Waals surface area contributed by atoms with Gasteiger partial charge in [0.25, 0.3) is 0 Å². The zero-order valence-corrected chi connectivity index (χ0v) is 17.5. The van der Waals surface area contributed by atoms with Crippen molar-refractivity contribution in [3.05, 3.63) is 30.1 Å². The normalized spacial score (nSPS) is 17.3. The number of hydrogen-bond donors (Lipinski definition) is 0. The van der Waals surface area contributed by atoms with Crippen LogP contribution < -0.4 is 4.57 Å². The molecule has 0 amide bonds. The van der Waals surface area contributed by atoms with Gasteiger partial charge in [0.2, 0.25) is 0 Å². The van der Waals surface area contributed by atoms with E-state index >= 15 is 0 Å². The van der Waals surface area contributed by atoms with Gasteiger partial charge < -0.3 is 4.74 Å². The Morgan fingerprint density at radius 2 is 1.78 bits per heavy atom. The number of pyridine rings is 1. The fourth-order valence-corrected chi connectivity index (χ4v) is 4.06. The van der Waals surface area contributed by atoms with Crippen molar-refractivity contribution in [3.8, 4) is 0 Å². The fourth-order valence-electron chi connectivity index (χ4n) is 4.06. The van der Waals surface area contributed by atoms with Crippen LogP contribution in [0.15, 0.2) is 24.5 Å². The van der Waals surface area contributed by atoms with E-state index in [9.17, 15) is 4.79 Å². The Hall–Kier alpha value is -1.42. The fraction of sp³-hybridized carbons (Fsp3) is 0.739.